The van der Waals surface area contributed by atoms with Gasteiger partial charge in [0.25, 0.3) is 0 Å². The van der Waals surface area contributed by atoms with Crippen molar-refractivity contribution in [2.75, 3.05) is 5.33 Å². The van der Waals surface area contributed by atoms with Crippen LogP contribution in [0.4, 0.5) is 4.39 Å². The Labute approximate surface area is 114 Å². The van der Waals surface area contributed by atoms with Gasteiger partial charge in [0.2, 0.25) is 0 Å². The van der Waals surface area contributed by atoms with E-state index in [1.54, 1.807) is 11.3 Å². The van der Waals surface area contributed by atoms with Crippen molar-refractivity contribution in [3.05, 3.63) is 58.0 Å². The first-order valence-electron chi connectivity index (χ1n) is 5.62. The highest BCUT2D eigenvalue weighted by molar-refractivity contribution is 9.09. The van der Waals surface area contributed by atoms with E-state index in [9.17, 15) is 4.39 Å². The van der Waals surface area contributed by atoms with Gasteiger partial charge >= 0.3 is 0 Å². The van der Waals surface area contributed by atoms with Crippen LogP contribution in [0.1, 0.15) is 23.5 Å². The second kappa shape index (κ2) is 6.31. The van der Waals surface area contributed by atoms with Gasteiger partial charge in [-0.3, -0.25) is 0 Å². The van der Waals surface area contributed by atoms with Crippen molar-refractivity contribution < 1.29 is 4.39 Å². The van der Waals surface area contributed by atoms with Crippen molar-refractivity contribution in [1.82, 2.24) is 0 Å². The van der Waals surface area contributed by atoms with Crippen molar-refractivity contribution in [2.24, 2.45) is 0 Å². The fourth-order valence-electron chi connectivity index (χ4n) is 1.84. The van der Waals surface area contributed by atoms with Crippen LogP contribution in [0, 0.1) is 5.82 Å². The monoisotopic (exact) mass is 312 g/mol. The molecule has 0 spiro atoms. The van der Waals surface area contributed by atoms with Gasteiger partial charge in [0.05, 0.1) is 0 Å². The van der Waals surface area contributed by atoms with E-state index in [1.165, 1.54) is 23.3 Å². The predicted octanol–water partition coefficient (Wildman–Crippen LogP) is 5.00. The summed E-state index contributed by atoms with van der Waals surface area (Å²) in [5, 5.41) is 5.22. The lowest BCUT2D eigenvalue weighted by molar-refractivity contribution is 0.623. The third-order valence-electron chi connectivity index (χ3n) is 2.89. The quantitative estimate of drug-likeness (QED) is 0.682. The molecular weight excluding hydrogens is 299 g/mol. The minimum Gasteiger partial charge on any atom is -0.207 e. The van der Waals surface area contributed by atoms with Gasteiger partial charge in [-0.25, -0.2) is 4.39 Å². The first kappa shape index (κ1) is 12.8. The van der Waals surface area contributed by atoms with Crippen molar-refractivity contribution >= 4 is 27.3 Å². The summed E-state index contributed by atoms with van der Waals surface area (Å²) in [5.74, 6) is 0.287. The van der Waals surface area contributed by atoms with Crippen LogP contribution < -0.4 is 0 Å². The Hall–Kier alpha value is -0.670. The molecule has 1 aromatic carbocycles. The highest BCUT2D eigenvalue weighted by Crippen LogP contribution is 2.24. The molecule has 0 saturated carbocycles. The van der Waals surface area contributed by atoms with E-state index in [2.05, 4.69) is 32.8 Å². The second-order valence-corrected chi connectivity index (χ2v) is 5.50. The van der Waals surface area contributed by atoms with Gasteiger partial charge in [-0.2, -0.15) is 11.3 Å². The molecule has 1 aromatic heterocycles. The average Bonchev–Trinajstić information content (AvgIpc) is 2.85. The first-order valence-corrected chi connectivity index (χ1v) is 7.68. The highest BCUT2D eigenvalue weighted by atomic mass is 79.9. The van der Waals surface area contributed by atoms with Crippen molar-refractivity contribution in [3.63, 3.8) is 0 Å². The highest BCUT2D eigenvalue weighted by Gasteiger charge is 2.10. The summed E-state index contributed by atoms with van der Waals surface area (Å²) >= 11 is 5.28. The number of hydrogen-bond acceptors (Lipinski definition) is 1. The van der Waals surface area contributed by atoms with Crippen molar-refractivity contribution in [1.29, 1.82) is 0 Å². The molecule has 0 saturated heterocycles. The molecule has 1 unspecified atom stereocenters. The molecule has 0 aliphatic heterocycles. The predicted molar refractivity (Wildman–Crippen MR) is 75.6 cm³/mol. The number of halogens is 2. The van der Waals surface area contributed by atoms with Crippen LogP contribution >= 0.6 is 27.3 Å². The van der Waals surface area contributed by atoms with Crippen LogP contribution in [0.25, 0.3) is 0 Å². The van der Waals surface area contributed by atoms with Gasteiger partial charge < -0.3 is 0 Å². The van der Waals surface area contributed by atoms with Crippen LogP contribution in [-0.4, -0.2) is 5.33 Å². The summed E-state index contributed by atoms with van der Waals surface area (Å²) < 4.78 is 12.9. The van der Waals surface area contributed by atoms with Crippen LogP contribution in [-0.2, 0) is 6.42 Å². The van der Waals surface area contributed by atoms with E-state index in [0.717, 1.165) is 18.2 Å². The molecule has 0 amide bonds. The molecule has 90 valence electrons. The average molecular weight is 313 g/mol. The van der Waals surface area contributed by atoms with E-state index >= 15 is 0 Å². The van der Waals surface area contributed by atoms with Gasteiger partial charge in [0.15, 0.2) is 0 Å². The van der Waals surface area contributed by atoms with E-state index < -0.39 is 0 Å². The maximum Gasteiger partial charge on any atom is 0.123 e. The molecular formula is C14H14BrFS. The summed E-state index contributed by atoms with van der Waals surface area (Å²) in [4.78, 5) is 0. The standard InChI is InChI=1S/C14H14BrFS/c15-9-13(2-1-11-7-8-17-10-11)12-3-5-14(16)6-4-12/h3-8,10,13H,1-2,9H2. The van der Waals surface area contributed by atoms with Gasteiger partial charge in [-0.05, 0) is 58.8 Å². The van der Waals surface area contributed by atoms with Gasteiger partial charge in [0.1, 0.15) is 5.82 Å². The minimum absolute atomic E-state index is 0.167. The fourth-order valence-corrected chi connectivity index (χ4v) is 3.24. The largest absolute Gasteiger partial charge is 0.207 e. The maximum atomic E-state index is 12.9. The minimum atomic E-state index is -0.167. The SMILES string of the molecule is Fc1ccc(C(CBr)CCc2ccsc2)cc1. The Bertz CT molecular complexity index is 436. The molecule has 0 fully saturated rings. The zero-order valence-electron chi connectivity index (χ0n) is 9.40. The topological polar surface area (TPSA) is 0 Å². The lowest BCUT2D eigenvalue weighted by Gasteiger charge is -2.14. The Balaban J connectivity index is 1.99. The number of benzene rings is 1. The molecule has 3 heteroatoms. The summed E-state index contributed by atoms with van der Waals surface area (Å²) in [6, 6.07) is 9.01. The Morgan fingerprint density at radius 3 is 2.53 bits per heavy atom. The van der Waals surface area contributed by atoms with E-state index in [0.29, 0.717) is 5.92 Å². The van der Waals surface area contributed by atoms with Crippen LogP contribution in [0.15, 0.2) is 41.1 Å². The fraction of sp³-hybridized carbons (Fsp3) is 0.286. The number of alkyl halides is 1. The summed E-state index contributed by atoms with van der Waals surface area (Å²) in [7, 11) is 0. The molecule has 0 N–H and O–H groups in total. The van der Waals surface area contributed by atoms with Crippen molar-refractivity contribution in [2.45, 2.75) is 18.8 Å². The molecule has 0 bridgehead atoms. The molecule has 0 nitrogen and oxygen atoms in total. The third kappa shape index (κ3) is 3.65. The summed E-state index contributed by atoms with van der Waals surface area (Å²) in [6.07, 6.45) is 2.17. The van der Waals surface area contributed by atoms with E-state index in [1.807, 2.05) is 12.1 Å². The Morgan fingerprint density at radius 2 is 1.94 bits per heavy atom. The number of aryl methyl sites for hydroxylation is 1. The van der Waals surface area contributed by atoms with Gasteiger partial charge in [0, 0.05) is 5.33 Å². The number of rotatable bonds is 5. The Kier molecular flexibility index (Phi) is 4.75. The molecule has 1 heterocycles. The van der Waals surface area contributed by atoms with Gasteiger partial charge in [-0.1, -0.05) is 28.1 Å². The molecule has 0 radical (unpaired) electrons. The Morgan fingerprint density at radius 1 is 1.18 bits per heavy atom. The molecule has 17 heavy (non-hydrogen) atoms. The molecule has 2 rings (SSSR count). The molecule has 2 aromatic rings. The first-order chi connectivity index (χ1) is 8.29. The lowest BCUT2D eigenvalue weighted by Crippen LogP contribution is -2.02. The summed E-state index contributed by atoms with van der Waals surface area (Å²) in [6.45, 7) is 0. The van der Waals surface area contributed by atoms with Crippen LogP contribution in [0.2, 0.25) is 0 Å². The molecule has 1 atom stereocenters. The zero-order valence-corrected chi connectivity index (χ0v) is 11.8. The summed E-state index contributed by atoms with van der Waals surface area (Å²) in [5.41, 5.74) is 2.60. The van der Waals surface area contributed by atoms with Gasteiger partial charge in [-0.15, -0.1) is 0 Å². The smallest absolute Gasteiger partial charge is 0.123 e. The van der Waals surface area contributed by atoms with E-state index in [4.69, 9.17) is 0 Å². The normalized spacial score (nSPS) is 12.6. The number of hydrogen-bond donors (Lipinski definition) is 0. The second-order valence-electron chi connectivity index (χ2n) is 4.07. The van der Waals surface area contributed by atoms with E-state index in [-0.39, 0.29) is 5.82 Å². The van der Waals surface area contributed by atoms with Crippen molar-refractivity contribution in [3.8, 4) is 0 Å². The molecule has 0 aliphatic carbocycles. The lowest BCUT2D eigenvalue weighted by atomic mass is 9.95. The number of thiophene rings is 1. The molecule has 0 aliphatic rings. The zero-order chi connectivity index (χ0) is 12.1. The maximum absolute atomic E-state index is 12.9. The van der Waals surface area contributed by atoms with Crippen LogP contribution in [0.5, 0.6) is 0 Å². The van der Waals surface area contributed by atoms with Crippen LogP contribution in [0.3, 0.4) is 0 Å². The third-order valence-corrected chi connectivity index (χ3v) is 4.40.